The van der Waals surface area contributed by atoms with Crippen LogP contribution in [0.2, 0.25) is 18.1 Å². The Morgan fingerprint density at radius 1 is 1.12 bits per heavy atom. The van der Waals surface area contributed by atoms with Gasteiger partial charge in [0.05, 0.1) is 24.3 Å². The van der Waals surface area contributed by atoms with Crippen molar-refractivity contribution < 1.29 is 9.22 Å². The molecule has 5 heteroatoms. The Balaban J connectivity index is 1.43. The number of Topliss-reactive ketones (excluding diaryl/α,β-unsaturated/α-hetero) is 1. The van der Waals surface area contributed by atoms with E-state index in [4.69, 9.17) is 4.43 Å². The number of allylic oxidation sites excluding steroid dienone is 2. The van der Waals surface area contributed by atoms with Crippen LogP contribution in [0.15, 0.2) is 42.9 Å². The summed E-state index contributed by atoms with van der Waals surface area (Å²) in [6.07, 6.45) is 8.57. The molecule has 1 aromatic carbocycles. The third kappa shape index (κ3) is 4.42. The molecule has 0 amide bonds. The summed E-state index contributed by atoms with van der Waals surface area (Å²) in [5, 5.41) is 0.225. The van der Waals surface area contributed by atoms with Crippen LogP contribution >= 0.6 is 0 Å². The van der Waals surface area contributed by atoms with E-state index in [9.17, 15) is 4.79 Å². The van der Waals surface area contributed by atoms with E-state index in [1.54, 1.807) is 0 Å². The van der Waals surface area contributed by atoms with E-state index in [1.165, 1.54) is 16.7 Å². The third-order valence-corrected chi connectivity index (χ3v) is 12.5. The summed E-state index contributed by atoms with van der Waals surface area (Å²) in [5.41, 5.74) is 4.84. The number of carbonyl (C=O) groups is 1. The van der Waals surface area contributed by atoms with Crippen molar-refractivity contribution in [2.24, 2.45) is 5.92 Å². The Morgan fingerprint density at radius 3 is 2.41 bits per heavy atom. The molecule has 1 aliphatic heterocycles. The van der Waals surface area contributed by atoms with E-state index in [-0.39, 0.29) is 17.0 Å². The van der Waals surface area contributed by atoms with Gasteiger partial charge in [-0.3, -0.25) is 4.79 Å². The number of carbonyl (C=O) groups excluding carboxylic acids is 1. The van der Waals surface area contributed by atoms with Crippen molar-refractivity contribution in [2.75, 3.05) is 0 Å². The normalized spacial score (nSPS) is 24.0. The lowest BCUT2D eigenvalue weighted by Gasteiger charge is -2.41. The average molecular weight is 451 g/mol. The lowest BCUT2D eigenvalue weighted by atomic mass is 9.81. The SMILES string of the molecule is CC1=C(c2ccccc2)C(CC(=O)C2CCC(O[Si](C)(C)C(C)(C)C)CC2)n2cncc21. The van der Waals surface area contributed by atoms with E-state index in [2.05, 4.69) is 74.6 Å². The maximum Gasteiger partial charge on any atom is 0.192 e. The van der Waals surface area contributed by atoms with Crippen molar-refractivity contribution in [3.8, 4) is 0 Å². The number of fused-ring (bicyclic) bond motifs is 1. The number of nitrogens with zero attached hydrogens (tertiary/aromatic N) is 2. The monoisotopic (exact) mass is 450 g/mol. The van der Waals surface area contributed by atoms with E-state index in [0.717, 1.165) is 31.4 Å². The fourth-order valence-electron chi connectivity index (χ4n) is 5.05. The van der Waals surface area contributed by atoms with Crippen molar-refractivity contribution >= 4 is 25.2 Å². The topological polar surface area (TPSA) is 44.1 Å². The smallest absolute Gasteiger partial charge is 0.192 e. The fourth-order valence-corrected chi connectivity index (χ4v) is 6.47. The molecule has 1 saturated carbocycles. The fraction of sp³-hybridized carbons (Fsp3) is 0.556. The molecular formula is C27H38N2O2Si. The van der Waals surface area contributed by atoms with Gasteiger partial charge in [0.15, 0.2) is 8.32 Å². The van der Waals surface area contributed by atoms with E-state index < -0.39 is 8.32 Å². The number of hydrogen-bond donors (Lipinski definition) is 0. The van der Waals surface area contributed by atoms with Gasteiger partial charge < -0.3 is 8.99 Å². The first-order chi connectivity index (χ1) is 15.1. The van der Waals surface area contributed by atoms with Crippen LogP contribution in [-0.2, 0) is 9.22 Å². The Labute approximate surface area is 194 Å². The summed E-state index contributed by atoms with van der Waals surface area (Å²) >= 11 is 0. The predicted molar refractivity (Wildman–Crippen MR) is 134 cm³/mol. The highest BCUT2D eigenvalue weighted by Gasteiger charge is 2.41. The van der Waals surface area contributed by atoms with Gasteiger partial charge in [-0.2, -0.15) is 0 Å². The highest BCUT2D eigenvalue weighted by molar-refractivity contribution is 6.74. The summed E-state index contributed by atoms with van der Waals surface area (Å²) < 4.78 is 8.83. The average Bonchev–Trinajstić information content (AvgIpc) is 3.31. The zero-order chi connectivity index (χ0) is 23.1. The van der Waals surface area contributed by atoms with Crippen LogP contribution in [0.3, 0.4) is 0 Å². The lowest BCUT2D eigenvalue weighted by molar-refractivity contribution is -0.124. The quantitative estimate of drug-likeness (QED) is 0.449. The molecule has 0 bridgehead atoms. The Morgan fingerprint density at radius 2 is 1.78 bits per heavy atom. The second-order valence-corrected chi connectivity index (χ2v) is 15.9. The van der Waals surface area contributed by atoms with Crippen molar-refractivity contribution in [3.63, 3.8) is 0 Å². The highest BCUT2D eigenvalue weighted by atomic mass is 28.4. The first kappa shape index (κ1) is 23.2. The summed E-state index contributed by atoms with van der Waals surface area (Å²) in [4.78, 5) is 17.8. The second-order valence-electron chi connectivity index (χ2n) is 11.1. The molecule has 0 radical (unpaired) electrons. The van der Waals surface area contributed by atoms with Gasteiger partial charge in [0.25, 0.3) is 0 Å². The van der Waals surface area contributed by atoms with Gasteiger partial charge in [0.1, 0.15) is 5.78 Å². The molecular weight excluding hydrogens is 412 g/mol. The molecule has 2 heterocycles. The Kier molecular flexibility index (Phi) is 6.34. The summed E-state index contributed by atoms with van der Waals surface area (Å²) in [6.45, 7) is 13.7. The molecule has 172 valence electrons. The minimum absolute atomic E-state index is 0.0450. The van der Waals surface area contributed by atoms with Gasteiger partial charge in [0, 0.05) is 18.4 Å². The van der Waals surface area contributed by atoms with Gasteiger partial charge in [-0.25, -0.2) is 4.98 Å². The van der Waals surface area contributed by atoms with Gasteiger partial charge in [-0.15, -0.1) is 0 Å². The molecule has 1 atom stereocenters. The molecule has 2 aromatic rings. The molecule has 0 N–H and O–H groups in total. The van der Waals surface area contributed by atoms with Gasteiger partial charge in [-0.1, -0.05) is 51.1 Å². The molecule has 4 rings (SSSR count). The molecule has 4 nitrogen and oxygen atoms in total. The van der Waals surface area contributed by atoms with E-state index in [1.807, 2.05) is 18.6 Å². The van der Waals surface area contributed by atoms with Crippen LogP contribution in [0, 0.1) is 5.92 Å². The van der Waals surface area contributed by atoms with Crippen LogP contribution in [0.25, 0.3) is 11.1 Å². The van der Waals surface area contributed by atoms with Gasteiger partial charge in [0.2, 0.25) is 0 Å². The molecule has 1 unspecified atom stereocenters. The van der Waals surface area contributed by atoms with E-state index in [0.29, 0.717) is 18.3 Å². The standard InChI is InChI=1S/C27H38N2O2Si/c1-19-24-17-28-18-29(24)23(26(19)21-10-8-7-9-11-21)16-25(30)20-12-14-22(15-13-20)31-32(5,6)27(2,3)4/h7-11,17-18,20,22-23H,12-16H2,1-6H3. The number of rotatable bonds is 6. The molecule has 0 saturated heterocycles. The van der Waals surface area contributed by atoms with Crippen LogP contribution in [0.4, 0.5) is 0 Å². The van der Waals surface area contributed by atoms with Crippen LogP contribution in [0.5, 0.6) is 0 Å². The first-order valence-electron chi connectivity index (χ1n) is 12.1. The second kappa shape index (κ2) is 8.75. The molecule has 32 heavy (non-hydrogen) atoms. The van der Waals surface area contributed by atoms with Crippen molar-refractivity contribution in [1.82, 2.24) is 9.55 Å². The molecule has 0 spiro atoms. The van der Waals surface area contributed by atoms with Crippen LogP contribution < -0.4 is 0 Å². The third-order valence-electron chi connectivity index (χ3n) is 8.00. The summed E-state index contributed by atoms with van der Waals surface area (Å²) in [7, 11) is -1.76. The summed E-state index contributed by atoms with van der Waals surface area (Å²) in [6, 6.07) is 10.5. The lowest BCUT2D eigenvalue weighted by Crippen LogP contribution is -2.45. The maximum atomic E-state index is 13.4. The van der Waals surface area contributed by atoms with E-state index >= 15 is 0 Å². The van der Waals surface area contributed by atoms with Crippen LogP contribution in [-0.4, -0.2) is 29.8 Å². The van der Waals surface area contributed by atoms with Crippen molar-refractivity contribution in [1.29, 1.82) is 0 Å². The zero-order valence-electron chi connectivity index (χ0n) is 20.5. The minimum Gasteiger partial charge on any atom is -0.414 e. The Bertz CT molecular complexity index is 992. The van der Waals surface area contributed by atoms with Gasteiger partial charge >= 0.3 is 0 Å². The maximum absolute atomic E-state index is 13.4. The zero-order valence-corrected chi connectivity index (χ0v) is 21.5. The summed E-state index contributed by atoms with van der Waals surface area (Å²) in [5.74, 6) is 0.544. The minimum atomic E-state index is -1.76. The predicted octanol–water partition coefficient (Wildman–Crippen LogP) is 6.91. The number of hydrogen-bond acceptors (Lipinski definition) is 3. The molecule has 1 fully saturated rings. The number of aromatic nitrogens is 2. The van der Waals surface area contributed by atoms with Crippen LogP contribution in [0.1, 0.15) is 77.1 Å². The highest BCUT2D eigenvalue weighted by Crippen LogP contribution is 2.45. The largest absolute Gasteiger partial charge is 0.414 e. The first-order valence-corrected chi connectivity index (χ1v) is 15.0. The Hall–Kier alpha value is -1.98. The molecule has 1 aromatic heterocycles. The van der Waals surface area contributed by atoms with Crippen molar-refractivity contribution in [3.05, 3.63) is 54.1 Å². The number of imidazole rings is 1. The van der Waals surface area contributed by atoms with Gasteiger partial charge in [-0.05, 0) is 67.4 Å². The molecule has 1 aliphatic carbocycles. The van der Waals surface area contributed by atoms with Crippen molar-refractivity contribution in [2.45, 2.75) is 90.1 Å². The number of ketones is 1. The molecule has 2 aliphatic rings. The number of benzene rings is 1.